The minimum Gasteiger partial charge on any atom is -0.273 e. The first-order valence-electron chi connectivity index (χ1n) is 11.8. The molecule has 1 unspecified atom stereocenters. The van der Waals surface area contributed by atoms with Crippen molar-refractivity contribution in [2.75, 3.05) is 0 Å². The van der Waals surface area contributed by atoms with Gasteiger partial charge in [-0.25, -0.2) is 4.79 Å². The van der Waals surface area contributed by atoms with E-state index in [1.807, 2.05) is 49.4 Å². The molecule has 7 rings (SSSR count). The highest BCUT2D eigenvalue weighted by atomic mass is 16.2. The van der Waals surface area contributed by atoms with Gasteiger partial charge >= 0.3 is 6.03 Å². The van der Waals surface area contributed by atoms with Crippen molar-refractivity contribution in [2.45, 2.75) is 51.5 Å². The molecule has 0 spiro atoms. The van der Waals surface area contributed by atoms with E-state index in [-0.39, 0.29) is 17.0 Å². The van der Waals surface area contributed by atoms with Crippen molar-refractivity contribution in [3.63, 3.8) is 0 Å². The number of urea groups is 1. The van der Waals surface area contributed by atoms with E-state index in [1.165, 1.54) is 24.2 Å². The van der Waals surface area contributed by atoms with Gasteiger partial charge in [-0.1, -0.05) is 42.5 Å². The second-order valence-corrected chi connectivity index (χ2v) is 10.5. The number of benzene rings is 2. The summed E-state index contributed by atoms with van der Waals surface area (Å²) >= 11 is 0. The second kappa shape index (κ2) is 7.03. The first-order chi connectivity index (χ1) is 15.4. The molecule has 32 heavy (non-hydrogen) atoms. The zero-order valence-corrected chi connectivity index (χ0v) is 18.3. The molecular weight excluding hydrogens is 400 g/mol. The maximum atomic E-state index is 13.6. The molecule has 5 heteroatoms. The van der Waals surface area contributed by atoms with Gasteiger partial charge in [0.15, 0.2) is 0 Å². The molecule has 1 N–H and O–H groups in total. The number of carbonyl (C=O) groups is 3. The molecule has 4 bridgehead atoms. The van der Waals surface area contributed by atoms with E-state index in [2.05, 4.69) is 5.32 Å². The van der Waals surface area contributed by atoms with Crippen LogP contribution in [0.15, 0.2) is 48.0 Å². The number of barbiturate groups is 1. The summed E-state index contributed by atoms with van der Waals surface area (Å²) in [4.78, 5) is 40.6. The summed E-state index contributed by atoms with van der Waals surface area (Å²) in [6.07, 6.45) is 8.82. The zero-order chi connectivity index (χ0) is 22.0. The summed E-state index contributed by atoms with van der Waals surface area (Å²) in [5.74, 6) is 1.09. The van der Waals surface area contributed by atoms with Crippen LogP contribution in [0.1, 0.15) is 51.0 Å². The van der Waals surface area contributed by atoms with Gasteiger partial charge in [0.1, 0.15) is 5.57 Å². The maximum Gasteiger partial charge on any atom is 0.331 e. The number of nitrogens with zero attached hydrogens (tertiary/aromatic N) is 1. The predicted molar refractivity (Wildman–Crippen MR) is 122 cm³/mol. The van der Waals surface area contributed by atoms with Crippen LogP contribution in [-0.2, 0) is 9.59 Å². The van der Waals surface area contributed by atoms with Crippen LogP contribution in [0.3, 0.4) is 0 Å². The highest BCUT2D eigenvalue weighted by Crippen LogP contribution is 2.62. The maximum absolute atomic E-state index is 13.6. The lowest BCUT2D eigenvalue weighted by atomic mass is 9.47. The fourth-order valence-corrected chi connectivity index (χ4v) is 7.52. The largest absolute Gasteiger partial charge is 0.331 e. The summed E-state index contributed by atoms with van der Waals surface area (Å²) in [6.45, 7) is 2.02. The van der Waals surface area contributed by atoms with E-state index in [1.54, 1.807) is 6.08 Å². The third-order valence-electron chi connectivity index (χ3n) is 8.62. The number of fused-ring (bicyclic) bond motifs is 1. The zero-order valence-electron chi connectivity index (χ0n) is 18.3. The highest BCUT2D eigenvalue weighted by molar-refractivity contribution is 6.31. The van der Waals surface area contributed by atoms with Gasteiger partial charge in [0.25, 0.3) is 11.8 Å². The van der Waals surface area contributed by atoms with Crippen LogP contribution in [0, 0.1) is 23.2 Å². The lowest BCUT2D eigenvalue weighted by Gasteiger charge is -2.60. The van der Waals surface area contributed by atoms with E-state index in [0.717, 1.165) is 53.4 Å². The average molecular weight is 429 g/mol. The number of hydrogen-bond donors (Lipinski definition) is 1. The molecule has 4 saturated carbocycles. The molecule has 4 aliphatic carbocycles. The summed E-state index contributed by atoms with van der Waals surface area (Å²) in [7, 11) is 0. The number of nitrogens with one attached hydrogen (secondary N) is 1. The van der Waals surface area contributed by atoms with Crippen LogP contribution in [0.5, 0.6) is 0 Å². The summed E-state index contributed by atoms with van der Waals surface area (Å²) in [6, 6.07) is 12.9. The van der Waals surface area contributed by atoms with Crippen LogP contribution < -0.4 is 5.32 Å². The Bertz CT molecular complexity index is 1140. The minimum atomic E-state index is -0.609. The minimum absolute atomic E-state index is 0.00725. The van der Waals surface area contributed by atoms with Crippen molar-refractivity contribution in [3.8, 4) is 0 Å². The predicted octanol–water partition coefficient (Wildman–Crippen LogP) is 4.91. The van der Waals surface area contributed by atoms with Gasteiger partial charge in [-0.2, -0.15) is 0 Å². The fourth-order valence-electron chi connectivity index (χ4n) is 7.52. The molecule has 1 atom stereocenters. The fraction of sp³-hybridized carbons (Fsp3) is 0.444. The summed E-state index contributed by atoms with van der Waals surface area (Å²) in [5, 5.41) is 4.46. The Morgan fingerprint density at radius 1 is 0.938 bits per heavy atom. The lowest BCUT2D eigenvalue weighted by Crippen LogP contribution is -2.63. The van der Waals surface area contributed by atoms with E-state index < -0.39 is 17.8 Å². The van der Waals surface area contributed by atoms with Crippen molar-refractivity contribution >= 4 is 34.7 Å². The Labute approximate surface area is 187 Å². The molecular formula is C27H28N2O3. The molecule has 1 aliphatic heterocycles. The normalized spacial score (nSPS) is 33.8. The molecule has 0 aromatic heterocycles. The lowest BCUT2D eigenvalue weighted by molar-refractivity contribution is -0.139. The van der Waals surface area contributed by atoms with E-state index >= 15 is 0 Å². The second-order valence-electron chi connectivity index (χ2n) is 10.5. The van der Waals surface area contributed by atoms with Crippen LogP contribution in [0.4, 0.5) is 4.79 Å². The Balaban J connectivity index is 1.37. The van der Waals surface area contributed by atoms with Crippen molar-refractivity contribution < 1.29 is 14.4 Å². The quantitative estimate of drug-likeness (QED) is 0.558. The van der Waals surface area contributed by atoms with Gasteiger partial charge < -0.3 is 0 Å². The van der Waals surface area contributed by atoms with Crippen molar-refractivity contribution in [1.29, 1.82) is 0 Å². The number of imide groups is 2. The number of rotatable bonds is 3. The molecule has 2 aromatic rings. The Morgan fingerprint density at radius 2 is 1.56 bits per heavy atom. The molecule has 1 saturated heterocycles. The monoisotopic (exact) mass is 428 g/mol. The molecule has 5 aliphatic rings. The third-order valence-corrected chi connectivity index (χ3v) is 8.62. The topological polar surface area (TPSA) is 66.5 Å². The van der Waals surface area contributed by atoms with Crippen molar-refractivity contribution in [3.05, 3.63) is 53.6 Å². The standard InChI is InChI=1S/C27H28N2O3/c1-16(27-13-17-9-18(14-27)11-19(10-17)15-27)29-25(31)23(24(30)28-26(29)32)12-21-7-4-6-20-5-2-3-8-22(20)21/h2-8,12,16-19H,9-11,13-15H2,1H3,(H,28,30,32)/b23-12+. The highest BCUT2D eigenvalue weighted by Gasteiger charge is 2.56. The van der Waals surface area contributed by atoms with Gasteiger partial charge in [-0.15, -0.1) is 0 Å². The van der Waals surface area contributed by atoms with Gasteiger partial charge in [-0.05, 0) is 91.0 Å². The number of carbonyl (C=O) groups excluding carboxylic acids is 3. The van der Waals surface area contributed by atoms with Crippen LogP contribution in [0.25, 0.3) is 16.8 Å². The van der Waals surface area contributed by atoms with Crippen LogP contribution in [-0.4, -0.2) is 28.8 Å². The molecule has 5 nitrogen and oxygen atoms in total. The molecule has 4 amide bonds. The van der Waals surface area contributed by atoms with Crippen LogP contribution >= 0.6 is 0 Å². The number of hydrogen-bond acceptors (Lipinski definition) is 3. The molecule has 164 valence electrons. The summed E-state index contributed by atoms with van der Waals surface area (Å²) < 4.78 is 0. The average Bonchev–Trinajstić information content (AvgIpc) is 2.75. The third kappa shape index (κ3) is 2.94. The molecule has 5 fully saturated rings. The van der Waals surface area contributed by atoms with E-state index in [0.29, 0.717) is 0 Å². The molecule has 2 aromatic carbocycles. The van der Waals surface area contributed by atoms with Crippen molar-refractivity contribution in [1.82, 2.24) is 10.2 Å². The van der Waals surface area contributed by atoms with Crippen LogP contribution in [0.2, 0.25) is 0 Å². The van der Waals surface area contributed by atoms with Gasteiger partial charge in [0.05, 0.1) is 0 Å². The SMILES string of the molecule is CC(N1C(=O)NC(=O)/C(=C\c2cccc3ccccc23)C1=O)C12CC3CC(CC(C3)C1)C2. The van der Waals surface area contributed by atoms with Gasteiger partial charge in [0.2, 0.25) is 0 Å². The van der Waals surface area contributed by atoms with E-state index in [4.69, 9.17) is 0 Å². The first kappa shape index (κ1) is 19.7. The molecule has 1 heterocycles. The first-order valence-corrected chi connectivity index (χ1v) is 11.8. The van der Waals surface area contributed by atoms with Gasteiger partial charge in [0, 0.05) is 6.04 Å². The summed E-state index contributed by atoms with van der Waals surface area (Å²) in [5.41, 5.74) is 0.836. The smallest absolute Gasteiger partial charge is 0.273 e. The van der Waals surface area contributed by atoms with Gasteiger partial charge in [-0.3, -0.25) is 19.8 Å². The number of amides is 4. The Kier molecular flexibility index (Phi) is 4.33. The Hall–Kier alpha value is -2.95. The van der Waals surface area contributed by atoms with E-state index in [9.17, 15) is 14.4 Å². The Morgan fingerprint density at radius 3 is 2.25 bits per heavy atom. The molecule has 0 radical (unpaired) electrons. The van der Waals surface area contributed by atoms with Crippen molar-refractivity contribution in [2.24, 2.45) is 23.2 Å².